The SMILES string of the molecule is COc1ccc(-c2nc(COC(=O)CCNC(=O)c3ccsc3)cs2)cc1OC. The smallest absolute Gasteiger partial charge is 0.307 e. The fourth-order valence-electron chi connectivity index (χ4n) is 2.48. The summed E-state index contributed by atoms with van der Waals surface area (Å²) in [4.78, 5) is 28.2. The minimum atomic E-state index is -0.392. The second-order valence-corrected chi connectivity index (χ2v) is 7.53. The molecule has 0 atom stereocenters. The highest BCUT2D eigenvalue weighted by Gasteiger charge is 2.12. The Morgan fingerprint density at radius 2 is 1.93 bits per heavy atom. The zero-order valence-corrected chi connectivity index (χ0v) is 17.6. The summed E-state index contributed by atoms with van der Waals surface area (Å²) in [5, 5.41) is 8.91. The van der Waals surface area contributed by atoms with Gasteiger partial charge in [0.15, 0.2) is 11.5 Å². The number of aromatic nitrogens is 1. The van der Waals surface area contributed by atoms with Gasteiger partial charge in [0.2, 0.25) is 0 Å². The first-order chi connectivity index (χ1) is 14.1. The van der Waals surface area contributed by atoms with Gasteiger partial charge in [-0.25, -0.2) is 4.98 Å². The molecule has 7 nitrogen and oxygen atoms in total. The topological polar surface area (TPSA) is 86.8 Å². The number of methoxy groups -OCH3 is 2. The number of carbonyl (C=O) groups is 2. The number of nitrogens with one attached hydrogen (secondary N) is 1. The molecular formula is C20H20N2O5S2. The average molecular weight is 433 g/mol. The van der Waals surface area contributed by atoms with Gasteiger partial charge in [0.25, 0.3) is 5.91 Å². The Morgan fingerprint density at radius 3 is 2.66 bits per heavy atom. The quantitative estimate of drug-likeness (QED) is 0.518. The highest BCUT2D eigenvalue weighted by atomic mass is 32.1. The zero-order valence-electron chi connectivity index (χ0n) is 16.0. The monoisotopic (exact) mass is 432 g/mol. The van der Waals surface area contributed by atoms with E-state index in [9.17, 15) is 9.59 Å². The Labute approximate surface area is 176 Å². The van der Waals surface area contributed by atoms with Gasteiger partial charge in [-0.15, -0.1) is 11.3 Å². The number of rotatable bonds is 9. The number of carbonyl (C=O) groups excluding carboxylic acids is 2. The van der Waals surface area contributed by atoms with Gasteiger partial charge < -0.3 is 19.5 Å². The molecule has 1 N–H and O–H groups in total. The molecule has 0 saturated carbocycles. The molecular weight excluding hydrogens is 412 g/mol. The first-order valence-electron chi connectivity index (χ1n) is 8.73. The van der Waals surface area contributed by atoms with E-state index in [2.05, 4.69) is 10.3 Å². The van der Waals surface area contributed by atoms with E-state index in [0.29, 0.717) is 22.8 Å². The Balaban J connectivity index is 1.47. The van der Waals surface area contributed by atoms with Crippen molar-refractivity contribution < 1.29 is 23.8 Å². The van der Waals surface area contributed by atoms with E-state index in [-0.39, 0.29) is 25.5 Å². The van der Waals surface area contributed by atoms with Crippen LogP contribution in [0.25, 0.3) is 10.6 Å². The number of esters is 1. The predicted octanol–water partition coefficient (Wildman–Crippen LogP) is 3.75. The molecule has 0 bridgehead atoms. The lowest BCUT2D eigenvalue weighted by Gasteiger charge is -2.08. The molecule has 2 heterocycles. The van der Waals surface area contributed by atoms with Crippen LogP contribution >= 0.6 is 22.7 Å². The molecule has 0 saturated heterocycles. The molecule has 3 aromatic rings. The molecule has 0 aliphatic carbocycles. The molecule has 0 aliphatic rings. The summed E-state index contributed by atoms with van der Waals surface area (Å²) in [5.74, 6) is 0.681. The number of nitrogens with zero attached hydrogens (tertiary/aromatic N) is 1. The van der Waals surface area contributed by atoms with Gasteiger partial charge in [-0.05, 0) is 29.6 Å². The van der Waals surface area contributed by atoms with Crippen molar-refractivity contribution in [2.75, 3.05) is 20.8 Å². The van der Waals surface area contributed by atoms with Gasteiger partial charge in [0.1, 0.15) is 11.6 Å². The van der Waals surface area contributed by atoms with E-state index in [1.54, 1.807) is 25.7 Å². The number of thiophene rings is 1. The van der Waals surface area contributed by atoms with Crippen molar-refractivity contribution in [1.82, 2.24) is 10.3 Å². The number of hydrogen-bond acceptors (Lipinski definition) is 8. The average Bonchev–Trinajstić information content (AvgIpc) is 3.44. The van der Waals surface area contributed by atoms with Crippen molar-refractivity contribution in [3.05, 3.63) is 51.7 Å². The molecule has 1 amide bonds. The maximum Gasteiger partial charge on any atom is 0.307 e. The maximum absolute atomic E-state index is 11.9. The summed E-state index contributed by atoms with van der Waals surface area (Å²) in [6, 6.07) is 7.30. The summed E-state index contributed by atoms with van der Waals surface area (Å²) < 4.78 is 15.8. The van der Waals surface area contributed by atoms with Crippen LogP contribution in [0.5, 0.6) is 11.5 Å². The van der Waals surface area contributed by atoms with Crippen LogP contribution in [0.4, 0.5) is 0 Å². The minimum absolute atomic E-state index is 0.0844. The Morgan fingerprint density at radius 1 is 1.10 bits per heavy atom. The van der Waals surface area contributed by atoms with Gasteiger partial charge in [0, 0.05) is 28.4 Å². The number of ether oxygens (including phenoxy) is 3. The molecule has 3 rings (SSSR count). The van der Waals surface area contributed by atoms with Crippen molar-refractivity contribution in [1.29, 1.82) is 0 Å². The lowest BCUT2D eigenvalue weighted by atomic mass is 10.2. The largest absolute Gasteiger partial charge is 0.493 e. The first kappa shape index (κ1) is 20.8. The van der Waals surface area contributed by atoms with Crippen molar-refractivity contribution in [3.8, 4) is 22.1 Å². The van der Waals surface area contributed by atoms with Crippen LogP contribution in [0, 0.1) is 0 Å². The van der Waals surface area contributed by atoms with Gasteiger partial charge in [0.05, 0.1) is 26.3 Å². The third kappa shape index (κ3) is 5.55. The van der Waals surface area contributed by atoms with E-state index in [0.717, 1.165) is 10.6 Å². The fraction of sp³-hybridized carbons (Fsp3) is 0.250. The van der Waals surface area contributed by atoms with Crippen LogP contribution in [0.15, 0.2) is 40.4 Å². The van der Waals surface area contributed by atoms with Crippen LogP contribution in [-0.4, -0.2) is 37.6 Å². The molecule has 1 aromatic carbocycles. The lowest BCUT2D eigenvalue weighted by Crippen LogP contribution is -2.26. The molecule has 0 radical (unpaired) electrons. The third-order valence-corrected chi connectivity index (χ3v) is 5.58. The zero-order chi connectivity index (χ0) is 20.6. The molecule has 0 fully saturated rings. The lowest BCUT2D eigenvalue weighted by molar-refractivity contribution is -0.144. The molecule has 2 aromatic heterocycles. The second-order valence-electron chi connectivity index (χ2n) is 5.89. The van der Waals surface area contributed by atoms with Gasteiger partial charge >= 0.3 is 5.97 Å². The van der Waals surface area contributed by atoms with E-state index in [1.165, 1.54) is 22.7 Å². The Hall–Kier alpha value is -2.91. The van der Waals surface area contributed by atoms with Gasteiger partial charge in [-0.3, -0.25) is 9.59 Å². The van der Waals surface area contributed by atoms with Crippen molar-refractivity contribution in [2.24, 2.45) is 0 Å². The summed E-state index contributed by atoms with van der Waals surface area (Å²) >= 11 is 2.90. The van der Waals surface area contributed by atoms with E-state index < -0.39 is 5.97 Å². The summed E-state index contributed by atoms with van der Waals surface area (Å²) in [7, 11) is 3.16. The minimum Gasteiger partial charge on any atom is -0.493 e. The standard InChI is InChI=1S/C20H20N2O5S2/c1-25-16-4-3-13(9-17(16)26-2)20-22-15(12-29-20)10-27-18(23)5-7-21-19(24)14-6-8-28-11-14/h3-4,6,8-9,11-12H,5,7,10H2,1-2H3,(H,21,24). The van der Waals surface area contributed by atoms with Crippen LogP contribution in [0.2, 0.25) is 0 Å². The molecule has 9 heteroatoms. The second kappa shape index (κ2) is 10.0. The first-order valence-corrected chi connectivity index (χ1v) is 10.6. The predicted molar refractivity (Wildman–Crippen MR) is 112 cm³/mol. The van der Waals surface area contributed by atoms with Crippen LogP contribution in [0.1, 0.15) is 22.5 Å². The molecule has 0 unspecified atom stereocenters. The van der Waals surface area contributed by atoms with Gasteiger partial charge in [-0.1, -0.05) is 0 Å². The maximum atomic E-state index is 11.9. The normalized spacial score (nSPS) is 10.4. The molecule has 29 heavy (non-hydrogen) atoms. The fourth-order valence-corrected chi connectivity index (χ4v) is 3.91. The summed E-state index contributed by atoms with van der Waals surface area (Å²) in [5.41, 5.74) is 2.14. The number of benzene rings is 1. The van der Waals surface area contributed by atoms with E-state index in [4.69, 9.17) is 14.2 Å². The van der Waals surface area contributed by atoms with E-state index in [1.807, 2.05) is 29.0 Å². The van der Waals surface area contributed by atoms with Crippen LogP contribution in [0.3, 0.4) is 0 Å². The number of hydrogen-bond donors (Lipinski definition) is 1. The summed E-state index contributed by atoms with van der Waals surface area (Å²) in [6.07, 6.45) is 0.0998. The van der Waals surface area contributed by atoms with Crippen LogP contribution in [-0.2, 0) is 16.1 Å². The molecule has 0 aliphatic heterocycles. The molecule has 152 valence electrons. The number of thiazole rings is 1. The third-order valence-electron chi connectivity index (χ3n) is 3.96. The van der Waals surface area contributed by atoms with E-state index >= 15 is 0 Å². The number of amides is 1. The Kier molecular flexibility index (Phi) is 7.20. The highest BCUT2D eigenvalue weighted by Crippen LogP contribution is 2.33. The van der Waals surface area contributed by atoms with Crippen molar-refractivity contribution >= 4 is 34.6 Å². The van der Waals surface area contributed by atoms with Gasteiger partial charge in [-0.2, -0.15) is 11.3 Å². The molecule has 0 spiro atoms. The Bertz CT molecular complexity index is 969. The summed E-state index contributed by atoms with van der Waals surface area (Å²) in [6.45, 7) is 0.308. The van der Waals surface area contributed by atoms with Crippen molar-refractivity contribution in [3.63, 3.8) is 0 Å². The highest BCUT2D eigenvalue weighted by molar-refractivity contribution is 7.13. The van der Waals surface area contributed by atoms with Crippen molar-refractivity contribution in [2.45, 2.75) is 13.0 Å². The van der Waals surface area contributed by atoms with Crippen LogP contribution < -0.4 is 14.8 Å².